The van der Waals surface area contributed by atoms with Crippen LogP contribution in [0.3, 0.4) is 0 Å². The van der Waals surface area contributed by atoms with Crippen LogP contribution in [0, 0.1) is 5.82 Å². The molecule has 3 N–H and O–H groups in total. The Bertz CT molecular complexity index is 581. The third-order valence-corrected chi connectivity index (χ3v) is 2.44. The normalized spacial score (nSPS) is 10.2. The summed E-state index contributed by atoms with van der Waals surface area (Å²) >= 11 is 0. The first kappa shape index (κ1) is 11.1. The van der Waals surface area contributed by atoms with E-state index in [2.05, 4.69) is 0 Å². The minimum absolute atomic E-state index is 0.124. The summed E-state index contributed by atoms with van der Waals surface area (Å²) in [6.45, 7) is 0. The van der Waals surface area contributed by atoms with Crippen LogP contribution in [0.2, 0.25) is 0 Å². The Morgan fingerprint density at radius 1 is 1.18 bits per heavy atom. The van der Waals surface area contributed by atoms with Gasteiger partial charge >= 0.3 is 5.97 Å². The van der Waals surface area contributed by atoms with Gasteiger partial charge in [0.1, 0.15) is 5.82 Å². The molecule has 0 aliphatic rings. The second-order valence-electron chi connectivity index (χ2n) is 3.62. The molecule has 0 atom stereocenters. The highest BCUT2D eigenvalue weighted by Crippen LogP contribution is 2.27. The first-order valence-corrected chi connectivity index (χ1v) is 4.96. The average Bonchev–Trinajstić information content (AvgIpc) is 2.29. The zero-order chi connectivity index (χ0) is 12.4. The number of nitrogen functional groups attached to an aromatic ring is 1. The summed E-state index contributed by atoms with van der Waals surface area (Å²) in [7, 11) is 0. The third-order valence-electron chi connectivity index (χ3n) is 2.44. The fourth-order valence-corrected chi connectivity index (χ4v) is 1.60. The van der Waals surface area contributed by atoms with Crippen LogP contribution in [0.5, 0.6) is 0 Å². The Morgan fingerprint density at radius 2 is 1.94 bits per heavy atom. The first-order valence-electron chi connectivity index (χ1n) is 4.96. The molecule has 0 radical (unpaired) electrons. The van der Waals surface area contributed by atoms with E-state index in [1.807, 2.05) is 0 Å². The van der Waals surface area contributed by atoms with E-state index in [4.69, 9.17) is 10.8 Å². The lowest BCUT2D eigenvalue weighted by Gasteiger charge is -2.07. The molecular weight excluding hydrogens is 221 g/mol. The summed E-state index contributed by atoms with van der Waals surface area (Å²) in [6, 6.07) is 10.2. The second-order valence-corrected chi connectivity index (χ2v) is 3.62. The number of carboxylic acid groups (broad SMARTS) is 1. The van der Waals surface area contributed by atoms with Crippen molar-refractivity contribution in [1.82, 2.24) is 0 Å². The van der Waals surface area contributed by atoms with Crippen LogP contribution in [0.15, 0.2) is 42.5 Å². The monoisotopic (exact) mass is 231 g/mol. The summed E-state index contributed by atoms with van der Waals surface area (Å²) in [5, 5.41) is 8.89. The van der Waals surface area contributed by atoms with E-state index >= 15 is 0 Å². The Morgan fingerprint density at radius 3 is 2.59 bits per heavy atom. The Hall–Kier alpha value is -2.36. The molecule has 4 heteroatoms. The fourth-order valence-electron chi connectivity index (χ4n) is 1.60. The number of rotatable bonds is 2. The van der Waals surface area contributed by atoms with E-state index in [-0.39, 0.29) is 11.4 Å². The topological polar surface area (TPSA) is 63.3 Å². The van der Waals surface area contributed by atoms with Gasteiger partial charge in [0.05, 0.1) is 5.56 Å². The van der Waals surface area contributed by atoms with E-state index in [9.17, 15) is 9.18 Å². The minimum Gasteiger partial charge on any atom is -0.478 e. The van der Waals surface area contributed by atoms with Gasteiger partial charge in [0.25, 0.3) is 0 Å². The summed E-state index contributed by atoms with van der Waals surface area (Å²) in [6.07, 6.45) is 0. The summed E-state index contributed by atoms with van der Waals surface area (Å²) in [5.41, 5.74) is 7.38. The van der Waals surface area contributed by atoms with Gasteiger partial charge in [-0.15, -0.1) is 0 Å². The summed E-state index contributed by atoms with van der Waals surface area (Å²) in [4.78, 5) is 10.8. The molecule has 0 saturated carbocycles. The van der Waals surface area contributed by atoms with Crippen molar-refractivity contribution in [2.24, 2.45) is 0 Å². The molecule has 3 nitrogen and oxygen atoms in total. The van der Waals surface area contributed by atoms with E-state index < -0.39 is 5.97 Å². The lowest BCUT2D eigenvalue weighted by Crippen LogP contribution is -1.98. The molecule has 2 aromatic carbocycles. The number of nitrogens with two attached hydrogens (primary N) is 1. The molecule has 0 aromatic heterocycles. The number of benzene rings is 2. The van der Waals surface area contributed by atoms with Crippen molar-refractivity contribution < 1.29 is 14.3 Å². The maximum atomic E-state index is 13.1. The van der Waals surface area contributed by atoms with Crippen molar-refractivity contribution in [1.29, 1.82) is 0 Å². The highest BCUT2D eigenvalue weighted by atomic mass is 19.1. The van der Waals surface area contributed by atoms with Gasteiger partial charge in [0, 0.05) is 11.3 Å². The molecule has 0 amide bonds. The Kier molecular flexibility index (Phi) is 2.78. The predicted molar refractivity (Wildman–Crippen MR) is 63.2 cm³/mol. The van der Waals surface area contributed by atoms with Crippen LogP contribution in [-0.4, -0.2) is 11.1 Å². The molecule has 0 fully saturated rings. The fraction of sp³-hybridized carbons (Fsp3) is 0. The third kappa shape index (κ3) is 2.25. The second kappa shape index (κ2) is 4.25. The quantitative estimate of drug-likeness (QED) is 0.781. The van der Waals surface area contributed by atoms with Crippen molar-refractivity contribution in [3.8, 4) is 11.1 Å². The summed E-state index contributed by atoms with van der Waals surface area (Å²) < 4.78 is 13.1. The number of hydrogen-bond acceptors (Lipinski definition) is 2. The number of halogens is 1. The highest BCUT2D eigenvalue weighted by Gasteiger charge is 2.08. The number of aromatic carboxylic acids is 1. The van der Waals surface area contributed by atoms with Gasteiger partial charge in [-0.2, -0.15) is 0 Å². The number of hydrogen-bond donors (Lipinski definition) is 2. The molecule has 2 rings (SSSR count). The highest BCUT2D eigenvalue weighted by molar-refractivity contribution is 5.91. The average molecular weight is 231 g/mol. The van der Waals surface area contributed by atoms with E-state index in [1.165, 1.54) is 30.3 Å². The molecule has 0 aliphatic heterocycles. The van der Waals surface area contributed by atoms with Crippen LogP contribution >= 0.6 is 0 Å². The van der Waals surface area contributed by atoms with Crippen molar-refractivity contribution >= 4 is 11.7 Å². The largest absolute Gasteiger partial charge is 0.478 e. The Labute approximate surface area is 97.3 Å². The van der Waals surface area contributed by atoms with E-state index in [1.54, 1.807) is 12.1 Å². The number of carbonyl (C=O) groups is 1. The molecule has 0 aliphatic carbocycles. The molecule has 0 bridgehead atoms. The standard InChI is InChI=1S/C13H10FNO2/c14-10-3-1-2-8(6-10)11-7-9(13(16)17)4-5-12(11)15/h1-7H,15H2,(H,16,17). The molecule has 17 heavy (non-hydrogen) atoms. The zero-order valence-electron chi connectivity index (χ0n) is 8.85. The maximum absolute atomic E-state index is 13.1. The molecule has 2 aromatic rings. The molecule has 86 valence electrons. The molecular formula is C13H10FNO2. The van der Waals surface area contributed by atoms with Gasteiger partial charge in [0.2, 0.25) is 0 Å². The molecule has 0 saturated heterocycles. The molecule has 0 unspecified atom stereocenters. The summed E-state index contributed by atoms with van der Waals surface area (Å²) in [5.74, 6) is -1.43. The molecule has 0 heterocycles. The van der Waals surface area contributed by atoms with E-state index in [0.717, 1.165) is 0 Å². The van der Waals surface area contributed by atoms with Crippen LogP contribution in [0.25, 0.3) is 11.1 Å². The SMILES string of the molecule is Nc1ccc(C(=O)O)cc1-c1cccc(F)c1. The van der Waals surface area contributed by atoms with Gasteiger partial charge in [-0.1, -0.05) is 12.1 Å². The van der Waals surface area contributed by atoms with Crippen LogP contribution in [0.1, 0.15) is 10.4 Å². The van der Waals surface area contributed by atoms with Gasteiger partial charge in [0.15, 0.2) is 0 Å². The van der Waals surface area contributed by atoms with Gasteiger partial charge < -0.3 is 10.8 Å². The van der Waals surface area contributed by atoms with Crippen LogP contribution in [-0.2, 0) is 0 Å². The van der Waals surface area contributed by atoms with Crippen molar-refractivity contribution in [2.45, 2.75) is 0 Å². The minimum atomic E-state index is -1.04. The smallest absolute Gasteiger partial charge is 0.335 e. The van der Waals surface area contributed by atoms with Gasteiger partial charge in [-0.25, -0.2) is 9.18 Å². The van der Waals surface area contributed by atoms with E-state index in [0.29, 0.717) is 16.8 Å². The van der Waals surface area contributed by atoms with Crippen LogP contribution < -0.4 is 5.73 Å². The Balaban J connectivity index is 2.58. The maximum Gasteiger partial charge on any atom is 0.335 e. The lowest BCUT2D eigenvalue weighted by atomic mass is 10.0. The van der Waals surface area contributed by atoms with Crippen molar-refractivity contribution in [2.75, 3.05) is 5.73 Å². The van der Waals surface area contributed by atoms with Gasteiger partial charge in [-0.3, -0.25) is 0 Å². The van der Waals surface area contributed by atoms with Crippen LogP contribution in [0.4, 0.5) is 10.1 Å². The van der Waals surface area contributed by atoms with Crippen molar-refractivity contribution in [3.05, 3.63) is 53.8 Å². The predicted octanol–water partition coefficient (Wildman–Crippen LogP) is 2.77. The van der Waals surface area contributed by atoms with Crippen molar-refractivity contribution in [3.63, 3.8) is 0 Å². The molecule has 0 spiro atoms. The van der Waals surface area contributed by atoms with Gasteiger partial charge in [-0.05, 0) is 35.9 Å². The zero-order valence-corrected chi connectivity index (χ0v) is 8.85. The lowest BCUT2D eigenvalue weighted by molar-refractivity contribution is 0.0697. The first-order chi connectivity index (χ1) is 8.08. The number of carboxylic acids is 1. The number of anilines is 1.